The molecule has 2 aromatic heterocycles. The molecule has 0 radical (unpaired) electrons. The van der Waals surface area contributed by atoms with Gasteiger partial charge < -0.3 is 14.2 Å². The number of hydrogen-bond donors (Lipinski definition) is 0. The molecule has 0 spiro atoms. The molecule has 8 nitrogen and oxygen atoms in total. The first-order valence-corrected chi connectivity index (χ1v) is 10.6. The summed E-state index contributed by atoms with van der Waals surface area (Å²) in [4.78, 5) is 31.1. The van der Waals surface area contributed by atoms with Crippen LogP contribution in [0.4, 0.5) is 0 Å². The quantitative estimate of drug-likeness (QED) is 0.701. The van der Waals surface area contributed by atoms with Gasteiger partial charge in [-0.3, -0.25) is 14.5 Å². The number of aromatic nitrogens is 2. The van der Waals surface area contributed by atoms with Crippen molar-refractivity contribution in [2.45, 2.75) is 33.2 Å². The summed E-state index contributed by atoms with van der Waals surface area (Å²) in [5.41, 5.74) is 0. The van der Waals surface area contributed by atoms with Gasteiger partial charge in [0, 0.05) is 39.6 Å². The first-order chi connectivity index (χ1) is 13.6. The summed E-state index contributed by atoms with van der Waals surface area (Å²) in [6.07, 6.45) is 1.74. The Labute approximate surface area is 169 Å². The molecule has 1 aliphatic heterocycles. The molecule has 2 amide bonds. The zero-order chi connectivity index (χ0) is 19.9. The lowest BCUT2D eigenvalue weighted by Gasteiger charge is -2.25. The Morgan fingerprint density at radius 3 is 2.82 bits per heavy atom. The van der Waals surface area contributed by atoms with Crippen LogP contribution in [0.25, 0.3) is 10.8 Å². The fraction of sp³-hybridized carbons (Fsp3) is 0.579. The van der Waals surface area contributed by atoms with Crippen LogP contribution < -0.4 is 0 Å². The normalized spacial score (nSPS) is 15.4. The average Bonchev–Trinajstić information content (AvgIpc) is 3.30. The third-order valence-electron chi connectivity index (χ3n) is 4.76. The highest BCUT2D eigenvalue weighted by Crippen LogP contribution is 2.23. The van der Waals surface area contributed by atoms with Crippen molar-refractivity contribution in [1.29, 1.82) is 0 Å². The maximum atomic E-state index is 12.9. The predicted octanol–water partition coefficient (Wildman–Crippen LogP) is 2.09. The second-order valence-corrected chi connectivity index (χ2v) is 7.88. The SMILES string of the molecule is CCCN(Cc1nnc(-c2cccs2)o1)C(=O)CN1CCCN(C(C)=O)CC1. The molecule has 9 heteroatoms. The summed E-state index contributed by atoms with van der Waals surface area (Å²) >= 11 is 1.54. The summed E-state index contributed by atoms with van der Waals surface area (Å²) in [7, 11) is 0. The van der Waals surface area contributed by atoms with E-state index < -0.39 is 0 Å². The molecule has 1 aliphatic rings. The fourth-order valence-corrected chi connectivity index (χ4v) is 3.92. The van der Waals surface area contributed by atoms with Crippen molar-refractivity contribution in [2.24, 2.45) is 0 Å². The van der Waals surface area contributed by atoms with E-state index in [2.05, 4.69) is 15.1 Å². The first kappa shape index (κ1) is 20.5. The second kappa shape index (κ2) is 9.79. The van der Waals surface area contributed by atoms with E-state index in [0.717, 1.165) is 30.8 Å². The van der Waals surface area contributed by atoms with Gasteiger partial charge in [-0.25, -0.2) is 0 Å². The van der Waals surface area contributed by atoms with Crippen molar-refractivity contribution in [1.82, 2.24) is 24.9 Å². The smallest absolute Gasteiger partial charge is 0.257 e. The number of hydrogen-bond acceptors (Lipinski definition) is 7. The molecule has 0 aromatic carbocycles. The van der Waals surface area contributed by atoms with Crippen molar-refractivity contribution >= 4 is 23.2 Å². The van der Waals surface area contributed by atoms with Gasteiger partial charge in [0.1, 0.15) is 0 Å². The summed E-state index contributed by atoms with van der Waals surface area (Å²) < 4.78 is 5.74. The Balaban J connectivity index is 1.58. The monoisotopic (exact) mass is 405 g/mol. The maximum Gasteiger partial charge on any atom is 0.257 e. The minimum Gasteiger partial charge on any atom is -0.418 e. The lowest BCUT2D eigenvalue weighted by Crippen LogP contribution is -2.42. The Morgan fingerprint density at radius 1 is 1.25 bits per heavy atom. The van der Waals surface area contributed by atoms with Gasteiger partial charge >= 0.3 is 0 Å². The van der Waals surface area contributed by atoms with Crippen molar-refractivity contribution < 1.29 is 14.0 Å². The summed E-state index contributed by atoms with van der Waals surface area (Å²) in [5, 5.41) is 10.2. The van der Waals surface area contributed by atoms with E-state index in [-0.39, 0.29) is 11.8 Å². The Kier molecular flexibility index (Phi) is 7.16. The number of thiophene rings is 1. The largest absolute Gasteiger partial charge is 0.418 e. The average molecular weight is 406 g/mol. The minimum atomic E-state index is 0.0500. The first-order valence-electron chi connectivity index (χ1n) is 9.68. The van der Waals surface area contributed by atoms with E-state index in [1.807, 2.05) is 29.3 Å². The maximum absolute atomic E-state index is 12.9. The molecule has 0 bridgehead atoms. The lowest BCUT2D eigenvalue weighted by atomic mass is 10.3. The van der Waals surface area contributed by atoms with Gasteiger partial charge in [-0.1, -0.05) is 13.0 Å². The van der Waals surface area contributed by atoms with Crippen LogP contribution in [0.1, 0.15) is 32.6 Å². The zero-order valence-electron chi connectivity index (χ0n) is 16.5. The van der Waals surface area contributed by atoms with Gasteiger partial charge in [-0.2, -0.15) is 0 Å². The summed E-state index contributed by atoms with van der Waals surface area (Å²) in [5.74, 6) is 1.09. The molecule has 1 fully saturated rings. The second-order valence-electron chi connectivity index (χ2n) is 6.93. The Bertz CT molecular complexity index is 776. The van der Waals surface area contributed by atoms with Crippen LogP contribution in [0.2, 0.25) is 0 Å². The molecule has 0 saturated carbocycles. The topological polar surface area (TPSA) is 82.8 Å². The van der Waals surface area contributed by atoms with Gasteiger partial charge in [0.2, 0.25) is 17.7 Å². The number of carbonyl (C=O) groups excluding carboxylic acids is 2. The van der Waals surface area contributed by atoms with Gasteiger partial charge in [-0.15, -0.1) is 21.5 Å². The number of rotatable bonds is 7. The molecule has 152 valence electrons. The Morgan fingerprint density at radius 2 is 2.11 bits per heavy atom. The molecule has 0 unspecified atom stereocenters. The lowest BCUT2D eigenvalue weighted by molar-refractivity contribution is -0.133. The third kappa shape index (κ3) is 5.39. The summed E-state index contributed by atoms with van der Waals surface area (Å²) in [6, 6.07) is 3.87. The molecule has 3 heterocycles. The van der Waals surface area contributed by atoms with Crippen LogP contribution in [0.5, 0.6) is 0 Å². The highest BCUT2D eigenvalue weighted by molar-refractivity contribution is 7.13. The van der Waals surface area contributed by atoms with Crippen molar-refractivity contribution in [3.8, 4) is 10.8 Å². The predicted molar refractivity (Wildman–Crippen MR) is 107 cm³/mol. The van der Waals surface area contributed by atoms with E-state index in [0.29, 0.717) is 44.5 Å². The van der Waals surface area contributed by atoms with E-state index in [4.69, 9.17) is 4.42 Å². The summed E-state index contributed by atoms with van der Waals surface area (Å²) in [6.45, 7) is 7.91. The van der Waals surface area contributed by atoms with Gasteiger partial charge in [0.15, 0.2) is 0 Å². The van der Waals surface area contributed by atoms with Crippen molar-refractivity contribution in [3.05, 3.63) is 23.4 Å². The van der Waals surface area contributed by atoms with Crippen LogP contribution in [0.15, 0.2) is 21.9 Å². The van der Waals surface area contributed by atoms with Gasteiger partial charge in [0.25, 0.3) is 5.89 Å². The Hall–Kier alpha value is -2.26. The fourth-order valence-electron chi connectivity index (χ4n) is 3.28. The molecule has 0 N–H and O–H groups in total. The standard InChI is InChI=1S/C19H27N5O3S/c1-3-7-24(13-17-20-21-19(27-17)16-6-4-12-28-16)18(26)14-22-8-5-9-23(11-10-22)15(2)25/h4,6,12H,3,5,7-11,13-14H2,1-2H3. The molecular weight excluding hydrogens is 378 g/mol. The zero-order valence-corrected chi connectivity index (χ0v) is 17.3. The highest BCUT2D eigenvalue weighted by atomic mass is 32.1. The van der Waals surface area contributed by atoms with Crippen LogP contribution in [0, 0.1) is 0 Å². The van der Waals surface area contributed by atoms with Crippen LogP contribution in [-0.4, -0.2) is 76.0 Å². The van der Waals surface area contributed by atoms with E-state index in [9.17, 15) is 9.59 Å². The molecule has 0 atom stereocenters. The van der Waals surface area contributed by atoms with E-state index in [1.54, 1.807) is 23.2 Å². The highest BCUT2D eigenvalue weighted by Gasteiger charge is 2.22. The number of nitrogens with zero attached hydrogens (tertiary/aromatic N) is 5. The van der Waals surface area contributed by atoms with E-state index in [1.165, 1.54) is 0 Å². The van der Waals surface area contributed by atoms with Crippen molar-refractivity contribution in [2.75, 3.05) is 39.3 Å². The van der Waals surface area contributed by atoms with Crippen LogP contribution >= 0.6 is 11.3 Å². The van der Waals surface area contributed by atoms with E-state index >= 15 is 0 Å². The van der Waals surface area contributed by atoms with Crippen LogP contribution in [0.3, 0.4) is 0 Å². The molecule has 3 rings (SSSR count). The van der Waals surface area contributed by atoms with Gasteiger partial charge in [0.05, 0.1) is 18.0 Å². The minimum absolute atomic E-state index is 0.0500. The molecule has 0 aliphatic carbocycles. The van der Waals surface area contributed by atoms with Gasteiger partial charge in [-0.05, 0) is 24.3 Å². The number of carbonyl (C=O) groups is 2. The third-order valence-corrected chi connectivity index (χ3v) is 5.62. The van der Waals surface area contributed by atoms with Crippen LogP contribution in [-0.2, 0) is 16.1 Å². The molecule has 1 saturated heterocycles. The number of amides is 2. The molecular formula is C19H27N5O3S. The molecule has 28 heavy (non-hydrogen) atoms. The van der Waals surface area contributed by atoms with Crippen molar-refractivity contribution in [3.63, 3.8) is 0 Å². The molecule has 2 aromatic rings.